The van der Waals surface area contributed by atoms with Gasteiger partial charge in [0.05, 0.1) is 11.4 Å². The highest BCUT2D eigenvalue weighted by molar-refractivity contribution is 7.93. The number of carbonyl (C=O) groups excluding carboxylic acids is 1. The van der Waals surface area contributed by atoms with E-state index in [1.807, 2.05) is 0 Å². The lowest BCUT2D eigenvalue weighted by molar-refractivity contribution is -0.106. The predicted molar refractivity (Wildman–Crippen MR) is 54.4 cm³/mol. The van der Waals surface area contributed by atoms with Crippen LogP contribution < -0.4 is 4.31 Å². The van der Waals surface area contributed by atoms with Gasteiger partial charge in [-0.05, 0) is 19.1 Å². The Morgan fingerprint density at radius 2 is 1.86 bits per heavy atom. The molecule has 1 amide bonds. The minimum Gasteiger partial charge on any atom is -0.277 e. The Morgan fingerprint density at radius 3 is 2.29 bits per heavy atom. The van der Waals surface area contributed by atoms with Crippen molar-refractivity contribution >= 4 is 22.1 Å². The van der Waals surface area contributed by atoms with E-state index in [0.29, 0.717) is 12.1 Å². The van der Waals surface area contributed by atoms with Crippen LogP contribution in [0.15, 0.2) is 30.3 Å². The van der Waals surface area contributed by atoms with Crippen LogP contribution in [-0.4, -0.2) is 20.6 Å². The van der Waals surface area contributed by atoms with Gasteiger partial charge in [-0.1, -0.05) is 18.2 Å². The fourth-order valence-electron chi connectivity index (χ4n) is 1.00. The van der Waals surface area contributed by atoms with Crippen molar-refractivity contribution in [2.45, 2.75) is 6.92 Å². The minimum absolute atomic E-state index is 0.0966. The van der Waals surface area contributed by atoms with E-state index in [0.717, 1.165) is 4.31 Å². The molecule has 76 valence electrons. The third-order valence-corrected chi connectivity index (χ3v) is 3.40. The quantitative estimate of drug-likeness (QED) is 0.701. The molecule has 0 unspecified atom stereocenters. The van der Waals surface area contributed by atoms with Gasteiger partial charge < -0.3 is 0 Å². The molecular formula is C9H11NO3S. The van der Waals surface area contributed by atoms with Crippen molar-refractivity contribution < 1.29 is 13.2 Å². The fourth-order valence-corrected chi connectivity index (χ4v) is 1.85. The van der Waals surface area contributed by atoms with Crippen LogP contribution in [0, 0.1) is 0 Å². The molecule has 0 radical (unpaired) electrons. The number of para-hydroxylation sites is 1. The van der Waals surface area contributed by atoms with Gasteiger partial charge in [0.2, 0.25) is 16.4 Å². The average molecular weight is 213 g/mol. The zero-order valence-corrected chi connectivity index (χ0v) is 8.57. The monoisotopic (exact) mass is 213 g/mol. The van der Waals surface area contributed by atoms with E-state index in [1.54, 1.807) is 30.3 Å². The molecule has 14 heavy (non-hydrogen) atoms. The van der Waals surface area contributed by atoms with Crippen molar-refractivity contribution in [2.24, 2.45) is 0 Å². The molecule has 0 spiro atoms. The number of amides is 1. The first-order chi connectivity index (χ1) is 6.61. The largest absolute Gasteiger partial charge is 0.277 e. The van der Waals surface area contributed by atoms with Crippen LogP contribution in [0.5, 0.6) is 0 Å². The number of hydrogen-bond acceptors (Lipinski definition) is 3. The molecule has 0 heterocycles. The summed E-state index contributed by atoms with van der Waals surface area (Å²) in [5, 5.41) is 0. The van der Waals surface area contributed by atoms with E-state index < -0.39 is 10.0 Å². The van der Waals surface area contributed by atoms with Gasteiger partial charge in [-0.2, -0.15) is 0 Å². The fraction of sp³-hybridized carbons (Fsp3) is 0.222. The standard InChI is InChI=1S/C9H11NO3S/c1-2-14(12,13)10(8-11)9-6-4-3-5-7-9/h3-8H,2H2,1H3. The van der Waals surface area contributed by atoms with Crippen molar-refractivity contribution in [2.75, 3.05) is 10.1 Å². The van der Waals surface area contributed by atoms with E-state index in [4.69, 9.17) is 0 Å². The maximum Gasteiger partial charge on any atom is 0.241 e. The van der Waals surface area contributed by atoms with E-state index in [2.05, 4.69) is 0 Å². The molecule has 0 aliphatic rings. The summed E-state index contributed by atoms with van der Waals surface area (Å²) in [6.07, 6.45) is 0.314. The third-order valence-electron chi connectivity index (χ3n) is 1.77. The summed E-state index contributed by atoms with van der Waals surface area (Å²) in [7, 11) is -3.50. The van der Waals surface area contributed by atoms with E-state index >= 15 is 0 Å². The highest BCUT2D eigenvalue weighted by Crippen LogP contribution is 2.15. The molecule has 1 aromatic rings. The van der Waals surface area contributed by atoms with Crippen LogP contribution in [0.4, 0.5) is 5.69 Å². The normalized spacial score (nSPS) is 10.9. The number of hydrogen-bond donors (Lipinski definition) is 0. The highest BCUT2D eigenvalue weighted by Gasteiger charge is 2.18. The maximum absolute atomic E-state index is 11.4. The number of carbonyl (C=O) groups is 1. The topological polar surface area (TPSA) is 54.5 Å². The summed E-state index contributed by atoms with van der Waals surface area (Å²) in [6.45, 7) is 1.49. The second-order valence-electron chi connectivity index (χ2n) is 2.64. The molecule has 0 bridgehead atoms. The summed E-state index contributed by atoms with van der Waals surface area (Å²) < 4.78 is 23.6. The molecular weight excluding hydrogens is 202 g/mol. The number of rotatable bonds is 4. The summed E-state index contributed by atoms with van der Waals surface area (Å²) in [5.41, 5.74) is 0.365. The Balaban J connectivity index is 3.12. The van der Waals surface area contributed by atoms with Crippen LogP contribution in [0.2, 0.25) is 0 Å². The lowest BCUT2D eigenvalue weighted by Crippen LogP contribution is -2.30. The van der Waals surface area contributed by atoms with Gasteiger partial charge in [0, 0.05) is 0 Å². The molecule has 0 aromatic heterocycles. The molecule has 0 fully saturated rings. The molecule has 0 aliphatic carbocycles. The average Bonchev–Trinajstić information content (AvgIpc) is 2.20. The first-order valence-electron chi connectivity index (χ1n) is 4.14. The Morgan fingerprint density at radius 1 is 1.29 bits per heavy atom. The molecule has 0 N–H and O–H groups in total. The molecule has 5 heteroatoms. The second-order valence-corrected chi connectivity index (χ2v) is 4.77. The van der Waals surface area contributed by atoms with Crippen molar-refractivity contribution in [3.8, 4) is 0 Å². The number of nitrogens with zero attached hydrogens (tertiary/aromatic N) is 1. The second kappa shape index (κ2) is 4.23. The molecule has 4 nitrogen and oxygen atoms in total. The first-order valence-corrected chi connectivity index (χ1v) is 5.75. The lowest BCUT2D eigenvalue weighted by Gasteiger charge is -2.15. The maximum atomic E-state index is 11.4. The van der Waals surface area contributed by atoms with Gasteiger partial charge in [0.25, 0.3) is 0 Å². The zero-order valence-electron chi connectivity index (χ0n) is 7.75. The SMILES string of the molecule is CCS(=O)(=O)N(C=O)c1ccccc1. The van der Waals surface area contributed by atoms with Gasteiger partial charge in [0.15, 0.2) is 0 Å². The predicted octanol–water partition coefficient (Wildman–Crippen LogP) is 0.999. The third kappa shape index (κ3) is 2.11. The van der Waals surface area contributed by atoms with Crippen molar-refractivity contribution in [3.05, 3.63) is 30.3 Å². The Kier molecular flexibility index (Phi) is 3.24. The molecule has 0 saturated heterocycles. The zero-order chi connectivity index (χ0) is 10.6. The van der Waals surface area contributed by atoms with Crippen LogP contribution in [0.3, 0.4) is 0 Å². The Hall–Kier alpha value is -1.36. The number of benzene rings is 1. The van der Waals surface area contributed by atoms with Crippen molar-refractivity contribution in [1.29, 1.82) is 0 Å². The van der Waals surface area contributed by atoms with Gasteiger partial charge in [-0.3, -0.25) is 4.79 Å². The first kappa shape index (κ1) is 10.7. The van der Waals surface area contributed by atoms with Crippen molar-refractivity contribution in [1.82, 2.24) is 0 Å². The smallest absolute Gasteiger partial charge is 0.241 e. The van der Waals surface area contributed by atoms with Crippen LogP contribution in [0.25, 0.3) is 0 Å². The lowest BCUT2D eigenvalue weighted by atomic mass is 10.3. The minimum atomic E-state index is -3.50. The van der Waals surface area contributed by atoms with E-state index in [9.17, 15) is 13.2 Å². The summed E-state index contributed by atoms with van der Waals surface area (Å²) in [6, 6.07) is 8.25. The molecule has 0 aliphatic heterocycles. The van der Waals surface area contributed by atoms with Gasteiger partial charge in [-0.25, -0.2) is 12.7 Å². The number of anilines is 1. The highest BCUT2D eigenvalue weighted by atomic mass is 32.2. The van der Waals surface area contributed by atoms with Crippen LogP contribution in [0.1, 0.15) is 6.92 Å². The van der Waals surface area contributed by atoms with Crippen molar-refractivity contribution in [3.63, 3.8) is 0 Å². The van der Waals surface area contributed by atoms with Crippen LogP contribution in [-0.2, 0) is 14.8 Å². The Bertz CT molecular complexity index is 399. The number of sulfonamides is 1. The van der Waals surface area contributed by atoms with E-state index in [1.165, 1.54) is 6.92 Å². The van der Waals surface area contributed by atoms with E-state index in [-0.39, 0.29) is 5.75 Å². The summed E-state index contributed by atoms with van der Waals surface area (Å²) in [5.74, 6) is -0.0966. The molecule has 1 aromatic carbocycles. The summed E-state index contributed by atoms with van der Waals surface area (Å²) in [4.78, 5) is 10.7. The van der Waals surface area contributed by atoms with Gasteiger partial charge in [-0.15, -0.1) is 0 Å². The summed E-state index contributed by atoms with van der Waals surface area (Å²) >= 11 is 0. The molecule has 1 rings (SSSR count). The Labute approximate surface area is 83.2 Å². The van der Waals surface area contributed by atoms with Gasteiger partial charge in [0.1, 0.15) is 0 Å². The van der Waals surface area contributed by atoms with Crippen LogP contribution >= 0.6 is 0 Å². The van der Waals surface area contributed by atoms with Gasteiger partial charge >= 0.3 is 0 Å². The molecule has 0 saturated carbocycles. The molecule has 0 atom stereocenters.